The molecule has 0 radical (unpaired) electrons. The third-order valence-electron chi connectivity index (χ3n) is 4.23. The number of benzene rings is 1. The van der Waals surface area contributed by atoms with Crippen LogP contribution in [0.1, 0.15) is 37.0 Å². The molecule has 1 aliphatic rings. The second-order valence-corrected chi connectivity index (χ2v) is 9.27. The largest absolute Gasteiger partial charge is 0.249 e. The fourth-order valence-corrected chi connectivity index (χ4v) is 5.20. The summed E-state index contributed by atoms with van der Waals surface area (Å²) >= 11 is 1.63. The van der Waals surface area contributed by atoms with Crippen molar-refractivity contribution >= 4 is 21.8 Å². The Bertz CT molecular complexity index is 755. The number of hydrogen-bond acceptors (Lipinski definition) is 4. The van der Waals surface area contributed by atoms with Gasteiger partial charge in [-0.2, -0.15) is 4.31 Å². The molecule has 1 aliphatic heterocycles. The summed E-state index contributed by atoms with van der Waals surface area (Å²) in [6.45, 7) is 3.35. The molecule has 1 fully saturated rings. The van der Waals surface area contributed by atoms with Crippen LogP contribution < -0.4 is 0 Å². The van der Waals surface area contributed by atoms with Crippen LogP contribution in [0.5, 0.6) is 0 Å². The SMILES string of the molecule is CC(Sc1ccc(S(=O)(=O)N2CCCCC2)cn1)c1ccccc1. The lowest BCUT2D eigenvalue weighted by Crippen LogP contribution is -2.35. The number of sulfonamides is 1. The normalized spacial score (nSPS) is 17.5. The van der Waals surface area contributed by atoms with E-state index in [0.717, 1.165) is 24.3 Å². The van der Waals surface area contributed by atoms with Gasteiger partial charge in [0.15, 0.2) is 0 Å². The zero-order valence-electron chi connectivity index (χ0n) is 13.8. The van der Waals surface area contributed by atoms with Gasteiger partial charge in [-0.05, 0) is 37.5 Å². The average Bonchev–Trinajstić information content (AvgIpc) is 2.63. The molecule has 1 saturated heterocycles. The van der Waals surface area contributed by atoms with Gasteiger partial charge in [-0.15, -0.1) is 0 Å². The van der Waals surface area contributed by atoms with E-state index in [-0.39, 0.29) is 5.25 Å². The molecular weight excluding hydrogens is 340 g/mol. The van der Waals surface area contributed by atoms with Gasteiger partial charge < -0.3 is 0 Å². The van der Waals surface area contributed by atoms with Gasteiger partial charge >= 0.3 is 0 Å². The quantitative estimate of drug-likeness (QED) is 0.751. The number of thioether (sulfide) groups is 1. The fourth-order valence-electron chi connectivity index (χ4n) is 2.82. The molecule has 1 aromatic carbocycles. The lowest BCUT2D eigenvalue weighted by molar-refractivity contribution is 0.346. The first-order chi connectivity index (χ1) is 11.6. The monoisotopic (exact) mass is 362 g/mol. The molecular formula is C18H22N2O2S2. The van der Waals surface area contributed by atoms with E-state index in [2.05, 4.69) is 24.0 Å². The van der Waals surface area contributed by atoms with E-state index in [1.807, 2.05) is 18.2 Å². The van der Waals surface area contributed by atoms with E-state index in [1.165, 1.54) is 11.8 Å². The molecule has 1 atom stereocenters. The molecule has 0 amide bonds. The van der Waals surface area contributed by atoms with Gasteiger partial charge in [0, 0.05) is 24.5 Å². The van der Waals surface area contributed by atoms with E-state index in [4.69, 9.17) is 0 Å². The van der Waals surface area contributed by atoms with Crippen LogP contribution in [0.25, 0.3) is 0 Å². The van der Waals surface area contributed by atoms with Crippen molar-refractivity contribution in [3.63, 3.8) is 0 Å². The number of aromatic nitrogens is 1. The number of rotatable bonds is 5. The Hall–Kier alpha value is -1.37. The van der Waals surface area contributed by atoms with Crippen molar-refractivity contribution in [2.45, 2.75) is 41.4 Å². The molecule has 0 aliphatic carbocycles. The van der Waals surface area contributed by atoms with Gasteiger partial charge in [-0.1, -0.05) is 48.5 Å². The first-order valence-electron chi connectivity index (χ1n) is 8.25. The van der Waals surface area contributed by atoms with E-state index >= 15 is 0 Å². The maximum absolute atomic E-state index is 12.6. The Labute approximate surface area is 148 Å². The molecule has 0 saturated carbocycles. The summed E-state index contributed by atoms with van der Waals surface area (Å²) in [5, 5.41) is 1.10. The van der Waals surface area contributed by atoms with Crippen molar-refractivity contribution in [1.29, 1.82) is 0 Å². The minimum Gasteiger partial charge on any atom is -0.249 e. The van der Waals surface area contributed by atoms with E-state index in [1.54, 1.807) is 28.2 Å². The molecule has 0 bridgehead atoms. The lowest BCUT2D eigenvalue weighted by Gasteiger charge is -2.25. The maximum atomic E-state index is 12.6. The third kappa shape index (κ3) is 3.99. The van der Waals surface area contributed by atoms with Crippen molar-refractivity contribution in [1.82, 2.24) is 9.29 Å². The summed E-state index contributed by atoms with van der Waals surface area (Å²) < 4.78 is 26.8. The first kappa shape index (κ1) is 17.5. The molecule has 4 nitrogen and oxygen atoms in total. The van der Waals surface area contributed by atoms with E-state index < -0.39 is 10.0 Å². The topological polar surface area (TPSA) is 50.3 Å². The Morgan fingerprint density at radius 2 is 1.75 bits per heavy atom. The predicted octanol–water partition coefficient (Wildman–Crippen LogP) is 4.11. The van der Waals surface area contributed by atoms with E-state index in [9.17, 15) is 8.42 Å². The Balaban J connectivity index is 1.71. The number of nitrogens with zero attached hydrogens (tertiary/aromatic N) is 2. The van der Waals surface area contributed by atoms with Crippen molar-refractivity contribution in [3.05, 3.63) is 54.2 Å². The van der Waals surface area contributed by atoms with Gasteiger partial charge in [0.2, 0.25) is 10.0 Å². The molecule has 2 aromatic rings. The summed E-state index contributed by atoms with van der Waals surface area (Å²) in [6.07, 6.45) is 4.48. The molecule has 1 aromatic heterocycles. The minimum absolute atomic E-state index is 0.267. The number of pyridine rings is 1. The standard InChI is InChI=1S/C18H22N2O2S2/c1-15(16-8-4-2-5-9-16)23-18-11-10-17(14-19-18)24(21,22)20-12-6-3-7-13-20/h2,4-5,8-11,14-15H,3,6-7,12-13H2,1H3. The predicted molar refractivity (Wildman–Crippen MR) is 97.6 cm³/mol. The smallest absolute Gasteiger partial charge is 0.244 e. The minimum atomic E-state index is -3.40. The molecule has 24 heavy (non-hydrogen) atoms. The molecule has 3 rings (SSSR count). The highest BCUT2D eigenvalue weighted by molar-refractivity contribution is 7.99. The second-order valence-electron chi connectivity index (χ2n) is 5.97. The fraction of sp³-hybridized carbons (Fsp3) is 0.389. The van der Waals surface area contributed by atoms with Crippen LogP contribution in [0.2, 0.25) is 0 Å². The van der Waals surface area contributed by atoms with Gasteiger partial charge in [0.25, 0.3) is 0 Å². The summed E-state index contributed by atoms with van der Waals surface area (Å²) in [5.41, 5.74) is 1.23. The van der Waals surface area contributed by atoms with Gasteiger partial charge in [0.1, 0.15) is 4.90 Å². The molecule has 0 spiro atoms. The van der Waals surface area contributed by atoms with Gasteiger partial charge in [-0.3, -0.25) is 0 Å². The summed E-state index contributed by atoms with van der Waals surface area (Å²) in [4.78, 5) is 4.66. The van der Waals surface area contributed by atoms with E-state index in [0.29, 0.717) is 18.0 Å². The van der Waals surface area contributed by atoms with Crippen LogP contribution in [0.15, 0.2) is 58.6 Å². The van der Waals surface area contributed by atoms with Crippen LogP contribution >= 0.6 is 11.8 Å². The molecule has 2 heterocycles. The van der Waals surface area contributed by atoms with Gasteiger partial charge in [0.05, 0.1) is 5.03 Å². The zero-order valence-corrected chi connectivity index (χ0v) is 15.4. The highest BCUT2D eigenvalue weighted by Gasteiger charge is 2.26. The van der Waals surface area contributed by atoms with Gasteiger partial charge in [-0.25, -0.2) is 13.4 Å². The average molecular weight is 363 g/mol. The highest BCUT2D eigenvalue weighted by atomic mass is 32.2. The number of hydrogen-bond donors (Lipinski definition) is 0. The summed E-state index contributed by atoms with van der Waals surface area (Å²) in [5.74, 6) is 0. The molecule has 128 valence electrons. The summed E-state index contributed by atoms with van der Waals surface area (Å²) in [6, 6.07) is 13.7. The molecule has 1 unspecified atom stereocenters. The zero-order chi connectivity index (χ0) is 17.0. The first-order valence-corrected chi connectivity index (χ1v) is 10.6. The molecule has 0 N–H and O–H groups in total. The lowest BCUT2D eigenvalue weighted by atomic mass is 10.2. The molecule has 6 heteroatoms. The van der Waals surface area contributed by atoms with Crippen LogP contribution in [-0.2, 0) is 10.0 Å². The number of piperidine rings is 1. The highest BCUT2D eigenvalue weighted by Crippen LogP contribution is 2.33. The Kier molecular flexibility index (Phi) is 5.58. The Morgan fingerprint density at radius 3 is 2.38 bits per heavy atom. The van der Waals surface area contributed by atoms with Crippen LogP contribution in [0, 0.1) is 0 Å². The van der Waals surface area contributed by atoms with Crippen molar-refractivity contribution in [3.8, 4) is 0 Å². The maximum Gasteiger partial charge on any atom is 0.244 e. The van der Waals surface area contributed by atoms with Crippen LogP contribution in [0.3, 0.4) is 0 Å². The van der Waals surface area contributed by atoms with Crippen LogP contribution in [-0.4, -0.2) is 30.8 Å². The van der Waals surface area contributed by atoms with Crippen molar-refractivity contribution in [2.24, 2.45) is 0 Å². The van der Waals surface area contributed by atoms with Crippen molar-refractivity contribution < 1.29 is 8.42 Å². The van der Waals surface area contributed by atoms with Crippen molar-refractivity contribution in [2.75, 3.05) is 13.1 Å². The second kappa shape index (κ2) is 7.68. The Morgan fingerprint density at radius 1 is 1.04 bits per heavy atom. The summed E-state index contributed by atoms with van der Waals surface area (Å²) in [7, 11) is -3.40. The third-order valence-corrected chi connectivity index (χ3v) is 7.22. The van der Waals surface area contributed by atoms with Crippen LogP contribution in [0.4, 0.5) is 0 Å².